The highest BCUT2D eigenvalue weighted by molar-refractivity contribution is 6.34. The van der Waals surface area contributed by atoms with Gasteiger partial charge in [-0.3, -0.25) is 24.1 Å². The number of cyclic esters (lactones) is 4. The van der Waals surface area contributed by atoms with E-state index in [1.54, 1.807) is 36.4 Å². The minimum absolute atomic E-state index is 0.00725. The van der Waals surface area contributed by atoms with Crippen LogP contribution in [0.3, 0.4) is 0 Å². The summed E-state index contributed by atoms with van der Waals surface area (Å²) < 4.78 is 194. The number of amides is 4. The van der Waals surface area contributed by atoms with Gasteiger partial charge in [0.1, 0.15) is 23.0 Å². The molecule has 0 saturated heterocycles. The van der Waals surface area contributed by atoms with Crippen molar-refractivity contribution in [2.45, 2.75) is 42.5 Å². The van der Waals surface area contributed by atoms with E-state index in [-0.39, 0.29) is 23.4 Å². The van der Waals surface area contributed by atoms with E-state index in [9.17, 15) is 91.0 Å². The van der Waals surface area contributed by atoms with Gasteiger partial charge in [-0.1, -0.05) is 42.0 Å². The zero-order chi connectivity index (χ0) is 66.9. The molecular weight excluding hydrogens is 1240 g/mol. The van der Waals surface area contributed by atoms with Crippen LogP contribution in [0.4, 0.5) is 69.7 Å². The number of imide groups is 2. The number of ether oxygens (including phenoxy) is 4. The number of halogens is 12. The highest BCUT2D eigenvalue weighted by Crippen LogP contribution is 2.59. The number of benzene rings is 8. The van der Waals surface area contributed by atoms with E-state index in [1.807, 2.05) is 43.3 Å². The average Bonchev–Trinajstić information content (AvgIpc) is 1.12. The van der Waals surface area contributed by atoms with Crippen LogP contribution in [0.2, 0.25) is 0 Å². The van der Waals surface area contributed by atoms with Gasteiger partial charge in [-0.2, -0.15) is 52.7 Å². The summed E-state index contributed by atoms with van der Waals surface area (Å²) in [5.41, 5.74) is -6.08. The van der Waals surface area contributed by atoms with Gasteiger partial charge in [-0.25, -0.2) is 24.1 Å². The van der Waals surface area contributed by atoms with E-state index in [2.05, 4.69) is 9.47 Å². The molecular formula is C64H38F12N4O12. The molecule has 0 unspecified atom stereocenters. The van der Waals surface area contributed by atoms with Crippen molar-refractivity contribution in [2.75, 3.05) is 23.4 Å². The lowest BCUT2D eigenvalue weighted by molar-refractivity contribution is -0.290. The Morgan fingerprint density at radius 1 is 0.337 bits per heavy atom. The Hall–Kier alpha value is -11.3. The molecule has 0 spiro atoms. The van der Waals surface area contributed by atoms with Gasteiger partial charge >= 0.3 is 48.6 Å². The maximum Gasteiger partial charge on any atom is 0.411 e. The Kier molecular flexibility index (Phi) is 15.9. The second-order valence-electron chi connectivity index (χ2n) is 20.7. The molecule has 0 saturated carbocycles. The normalized spacial score (nSPS) is 14.6. The number of nitrogens with two attached hydrogens (primary N) is 2. The molecule has 0 aromatic heterocycles. The maximum atomic E-state index is 14.9. The van der Waals surface area contributed by atoms with Gasteiger partial charge in [-0.15, -0.1) is 0 Å². The molecule has 0 aliphatic carbocycles. The van der Waals surface area contributed by atoms with Crippen molar-refractivity contribution in [1.82, 2.24) is 4.90 Å². The molecule has 12 rings (SSSR count). The molecule has 0 fully saturated rings. The summed E-state index contributed by atoms with van der Waals surface area (Å²) in [7, 11) is 1.05. The van der Waals surface area contributed by atoms with Crippen LogP contribution in [0.25, 0.3) is 0 Å². The Bertz CT molecular complexity index is 4240. The van der Waals surface area contributed by atoms with Gasteiger partial charge in [0, 0.05) is 18.4 Å². The summed E-state index contributed by atoms with van der Waals surface area (Å²) in [6.45, 7) is 1.90. The number of aryl methyl sites for hydroxylation is 1. The zero-order valence-corrected chi connectivity index (χ0v) is 46.6. The number of nitrogen functional groups attached to an aromatic ring is 2. The maximum absolute atomic E-state index is 14.9. The second-order valence-corrected chi connectivity index (χ2v) is 20.7. The first-order valence-corrected chi connectivity index (χ1v) is 26.4. The van der Waals surface area contributed by atoms with Gasteiger partial charge in [0.2, 0.25) is 10.8 Å². The third kappa shape index (κ3) is 10.9. The molecule has 0 bridgehead atoms. The standard InChI is InChI=1S/C33H20F6N2O5.C19H6F6O6.C12H12N2O/c1-17-3-9-21(10-4-17)46-22-11-7-20(8-12-22)41-29(44)24-14-6-19(16-26(24)30(41)45)31(32(34,35)36,33(37,38)39)18-5-13-23-25(15-18)28(43)40(2)27(23)42;20-18(21,22)17(19(23,24)25,7-1-3-9-11(5-7)15(28)30-13(9)26)8-2-4-10-12(6-8)16(29)31-14(10)27;13-9-1-5-11(6-2-9)15-12-7-3-10(14)4-8-12/h3-16H,1-2H3;1-6H;1-8H,13-14H2. The third-order valence-electron chi connectivity index (χ3n) is 15.0. The smallest absolute Gasteiger partial charge is 0.411 e. The van der Waals surface area contributed by atoms with E-state index < -0.39 is 144 Å². The Morgan fingerprint density at radius 3 is 0.967 bits per heavy atom. The number of hydrogen-bond acceptors (Lipinski definition) is 14. The SMILES string of the molecule is Cc1ccc(Oc2ccc(N3C(=O)c4ccc(C(c5ccc6c(c5)C(=O)N(C)C6=O)(C(F)(F)F)C(F)(F)F)cc4C3=O)cc2)cc1.Nc1ccc(Oc2ccc(N)cc2)cc1.O=C1OC(=O)c2cc(C(c3ccc4c(c3)C(=O)OC4=O)(C(F)(F)F)C(F)(F)F)ccc21. The van der Waals surface area contributed by atoms with Crippen LogP contribution in [-0.4, -0.2) is 84.2 Å². The van der Waals surface area contributed by atoms with E-state index in [0.717, 1.165) is 47.6 Å². The van der Waals surface area contributed by atoms with E-state index in [4.69, 9.17) is 20.9 Å². The highest BCUT2D eigenvalue weighted by Gasteiger charge is 2.74. The fourth-order valence-corrected chi connectivity index (χ4v) is 10.5. The predicted octanol–water partition coefficient (Wildman–Crippen LogP) is 13.6. The number of esters is 4. The number of anilines is 3. The van der Waals surface area contributed by atoms with Gasteiger partial charge in [-0.05, 0) is 163 Å². The first-order valence-electron chi connectivity index (χ1n) is 26.4. The third-order valence-corrected chi connectivity index (χ3v) is 15.0. The molecule has 470 valence electrons. The molecule has 4 amide bonds. The summed E-state index contributed by atoms with van der Waals surface area (Å²) in [5.74, 6) is -6.90. The summed E-state index contributed by atoms with van der Waals surface area (Å²) in [5, 5.41) is 0. The molecule has 4 aliphatic heterocycles. The van der Waals surface area contributed by atoms with Crippen LogP contribution in [-0.2, 0) is 20.3 Å². The van der Waals surface area contributed by atoms with Crippen molar-refractivity contribution >= 4 is 64.6 Å². The van der Waals surface area contributed by atoms with Gasteiger partial charge in [0.15, 0.2) is 0 Å². The lowest BCUT2D eigenvalue weighted by Crippen LogP contribution is -2.55. The molecule has 16 nitrogen and oxygen atoms in total. The van der Waals surface area contributed by atoms with E-state index in [0.29, 0.717) is 69.8 Å². The van der Waals surface area contributed by atoms with Gasteiger partial charge < -0.3 is 30.4 Å². The van der Waals surface area contributed by atoms with Crippen LogP contribution in [0, 0.1) is 6.92 Å². The largest absolute Gasteiger partial charge is 0.457 e. The summed E-state index contributed by atoms with van der Waals surface area (Å²) in [6, 6.07) is 33.0. The topological polar surface area (TPSA) is 232 Å². The van der Waals surface area contributed by atoms with Crippen molar-refractivity contribution in [3.8, 4) is 23.0 Å². The monoisotopic (exact) mass is 1280 g/mol. The number of rotatable bonds is 9. The van der Waals surface area contributed by atoms with Gasteiger partial charge in [0.05, 0.1) is 50.2 Å². The molecule has 4 aliphatic rings. The minimum Gasteiger partial charge on any atom is -0.457 e. The molecule has 8 aromatic rings. The Labute approximate surface area is 509 Å². The first-order chi connectivity index (χ1) is 43.1. The zero-order valence-electron chi connectivity index (χ0n) is 46.6. The molecule has 4 N–H and O–H groups in total. The number of alkyl halides is 12. The van der Waals surface area contributed by atoms with Crippen LogP contribution in [0.15, 0.2) is 170 Å². The molecule has 92 heavy (non-hydrogen) atoms. The summed E-state index contributed by atoms with van der Waals surface area (Å²) >= 11 is 0. The number of carbonyl (C=O) groups excluding carboxylic acids is 8. The number of hydrogen-bond donors (Lipinski definition) is 2. The predicted molar refractivity (Wildman–Crippen MR) is 298 cm³/mol. The van der Waals surface area contributed by atoms with Crippen molar-refractivity contribution < 1.29 is 110 Å². The van der Waals surface area contributed by atoms with E-state index >= 15 is 0 Å². The van der Waals surface area contributed by atoms with Crippen LogP contribution in [0.5, 0.6) is 23.0 Å². The average molecular weight is 1280 g/mol. The number of nitrogens with zero attached hydrogens (tertiary/aromatic N) is 2. The fraction of sp³-hybridized carbons (Fsp3) is 0.125. The molecule has 4 heterocycles. The summed E-state index contributed by atoms with van der Waals surface area (Å²) in [4.78, 5) is 99.1. The molecule has 0 atom stereocenters. The van der Waals surface area contributed by atoms with Crippen molar-refractivity contribution in [3.05, 3.63) is 242 Å². The Balaban J connectivity index is 0.000000172. The number of fused-ring (bicyclic) bond motifs is 4. The van der Waals surface area contributed by atoms with E-state index in [1.165, 1.54) is 24.3 Å². The lowest BCUT2D eigenvalue weighted by Gasteiger charge is -2.38. The molecule has 0 radical (unpaired) electrons. The van der Waals surface area contributed by atoms with Crippen molar-refractivity contribution in [3.63, 3.8) is 0 Å². The first kappa shape index (κ1) is 63.7. The number of carbonyl (C=O) groups is 8. The molecule has 28 heteroatoms. The van der Waals surface area contributed by atoms with Crippen LogP contribution >= 0.6 is 0 Å². The lowest BCUT2D eigenvalue weighted by atomic mass is 9.71. The Morgan fingerprint density at radius 2 is 0.609 bits per heavy atom. The molecule has 8 aromatic carbocycles. The van der Waals surface area contributed by atoms with Gasteiger partial charge in [0.25, 0.3) is 23.6 Å². The van der Waals surface area contributed by atoms with Crippen molar-refractivity contribution in [2.24, 2.45) is 0 Å². The fourth-order valence-electron chi connectivity index (χ4n) is 10.5. The van der Waals surface area contributed by atoms with Crippen molar-refractivity contribution in [1.29, 1.82) is 0 Å². The van der Waals surface area contributed by atoms with Crippen LogP contribution < -0.4 is 25.8 Å². The highest BCUT2D eigenvalue weighted by atomic mass is 19.4. The second kappa shape index (κ2) is 22.9. The summed E-state index contributed by atoms with van der Waals surface area (Å²) in [6.07, 6.45) is -24.1. The minimum atomic E-state index is -6.05. The van der Waals surface area contributed by atoms with Crippen LogP contribution in [0.1, 0.15) is 111 Å². The quantitative estimate of drug-likeness (QED) is 0.0450.